The monoisotopic (exact) mass is 397 g/mol. The first-order chi connectivity index (χ1) is 12.6. The molecule has 1 unspecified atom stereocenters. The Kier molecular flexibility index (Phi) is 5.59. The van der Waals surface area contributed by atoms with Gasteiger partial charge >= 0.3 is 0 Å². The van der Waals surface area contributed by atoms with Crippen molar-refractivity contribution in [3.8, 4) is 0 Å². The first-order valence-corrected chi connectivity index (χ1v) is 11.1. The summed E-state index contributed by atoms with van der Waals surface area (Å²) in [7, 11) is -3.18. The summed E-state index contributed by atoms with van der Waals surface area (Å²) in [6, 6.07) is 3.60. The smallest absolute Gasteiger partial charge is 0.257 e. The number of rotatable bonds is 6. The molecule has 1 atom stereocenters. The Bertz CT molecular complexity index is 771. The molecule has 0 aromatic carbocycles. The Labute approximate surface area is 160 Å². The van der Waals surface area contributed by atoms with Gasteiger partial charge in [0.25, 0.3) is 5.91 Å². The lowest BCUT2D eigenvalue weighted by atomic mass is 9.70. The summed E-state index contributed by atoms with van der Waals surface area (Å²) in [5.41, 5.74) is -0.865. The van der Waals surface area contributed by atoms with Gasteiger partial charge in [0.05, 0.1) is 10.5 Å². The number of nitrogens with zero attached hydrogens (tertiary/aromatic N) is 1. The Morgan fingerprint density at radius 2 is 2.11 bits per heavy atom. The summed E-state index contributed by atoms with van der Waals surface area (Å²) >= 11 is 0. The number of hydrogen-bond acceptors (Lipinski definition) is 5. The number of amides is 1. The van der Waals surface area contributed by atoms with Gasteiger partial charge in [-0.2, -0.15) is 0 Å². The Hall–Kier alpha value is -1.54. The number of carbonyl (C=O) groups excluding carboxylic acids is 1. The van der Waals surface area contributed by atoms with Crippen LogP contribution < -0.4 is 10.6 Å². The standard InChI is InChI=1S/C19H28FN3O3S/c1-18(2,20)17(24)23-16-5-7-27(25,26)19(10-16)8-15(9-19)13-22-12-14-4-3-6-21-11-14/h3-4,6,11,15-16,22H,5,7-10,12-13H2,1-2H3,(H,23,24). The molecule has 2 heterocycles. The third-order valence-electron chi connectivity index (χ3n) is 5.69. The average Bonchev–Trinajstić information content (AvgIpc) is 2.56. The van der Waals surface area contributed by atoms with Crippen LogP contribution in [0.5, 0.6) is 0 Å². The minimum atomic E-state index is -3.18. The summed E-state index contributed by atoms with van der Waals surface area (Å²) in [5.74, 6) is -0.319. The van der Waals surface area contributed by atoms with Crippen molar-refractivity contribution >= 4 is 15.7 Å². The minimum Gasteiger partial charge on any atom is -0.351 e. The summed E-state index contributed by atoms with van der Waals surface area (Å²) < 4.78 is 38.3. The van der Waals surface area contributed by atoms with Crippen molar-refractivity contribution in [2.75, 3.05) is 12.3 Å². The van der Waals surface area contributed by atoms with E-state index in [0.717, 1.165) is 12.1 Å². The third-order valence-corrected chi connectivity index (χ3v) is 8.29. The van der Waals surface area contributed by atoms with Crippen molar-refractivity contribution in [2.24, 2.45) is 5.92 Å². The highest BCUT2D eigenvalue weighted by Gasteiger charge is 2.56. The zero-order valence-corrected chi connectivity index (χ0v) is 16.7. The number of aromatic nitrogens is 1. The molecule has 1 aromatic rings. The summed E-state index contributed by atoms with van der Waals surface area (Å²) in [6.07, 6.45) is 5.47. The molecular formula is C19H28FN3O3S. The van der Waals surface area contributed by atoms with E-state index in [1.54, 1.807) is 12.4 Å². The van der Waals surface area contributed by atoms with E-state index in [1.165, 1.54) is 13.8 Å². The van der Waals surface area contributed by atoms with Crippen LogP contribution in [-0.4, -0.2) is 48.1 Å². The number of pyridine rings is 1. The van der Waals surface area contributed by atoms with Crippen LogP contribution in [0, 0.1) is 5.92 Å². The van der Waals surface area contributed by atoms with Gasteiger partial charge in [0.1, 0.15) is 0 Å². The van der Waals surface area contributed by atoms with Gasteiger partial charge in [0.15, 0.2) is 15.5 Å². The van der Waals surface area contributed by atoms with E-state index in [1.807, 2.05) is 12.1 Å². The van der Waals surface area contributed by atoms with Crippen molar-refractivity contribution < 1.29 is 17.6 Å². The van der Waals surface area contributed by atoms with E-state index in [2.05, 4.69) is 15.6 Å². The van der Waals surface area contributed by atoms with Crippen LogP contribution in [0.25, 0.3) is 0 Å². The predicted octanol–water partition coefficient (Wildman–Crippen LogP) is 1.76. The SMILES string of the molecule is CC(C)(F)C(=O)NC1CCS(=O)(=O)C2(CC(CNCc3cccnc3)C2)C1. The van der Waals surface area contributed by atoms with Crippen LogP contribution in [0.15, 0.2) is 24.5 Å². The van der Waals surface area contributed by atoms with E-state index in [0.29, 0.717) is 38.1 Å². The maximum Gasteiger partial charge on any atom is 0.257 e. The topological polar surface area (TPSA) is 88.2 Å². The molecule has 3 rings (SSSR count). The molecule has 1 saturated heterocycles. The van der Waals surface area contributed by atoms with Crippen LogP contribution in [0.4, 0.5) is 4.39 Å². The van der Waals surface area contributed by atoms with Gasteiger partial charge in [-0.1, -0.05) is 6.07 Å². The third kappa shape index (κ3) is 4.48. The molecule has 1 aliphatic carbocycles. The molecule has 1 spiro atoms. The summed E-state index contributed by atoms with van der Waals surface area (Å²) in [6.45, 7) is 3.88. The molecule has 0 bridgehead atoms. The largest absolute Gasteiger partial charge is 0.351 e. The average molecular weight is 398 g/mol. The molecule has 2 fully saturated rings. The highest BCUT2D eigenvalue weighted by atomic mass is 32.2. The lowest BCUT2D eigenvalue weighted by Crippen LogP contribution is -2.60. The minimum absolute atomic E-state index is 0.0560. The van der Waals surface area contributed by atoms with E-state index in [-0.39, 0.29) is 11.8 Å². The Morgan fingerprint density at radius 1 is 1.37 bits per heavy atom. The van der Waals surface area contributed by atoms with Gasteiger partial charge in [-0.15, -0.1) is 0 Å². The van der Waals surface area contributed by atoms with Crippen LogP contribution in [0.1, 0.15) is 45.1 Å². The molecule has 1 amide bonds. The van der Waals surface area contributed by atoms with Gasteiger partial charge in [0.2, 0.25) is 0 Å². The van der Waals surface area contributed by atoms with Gasteiger partial charge in [0, 0.05) is 25.0 Å². The summed E-state index contributed by atoms with van der Waals surface area (Å²) in [4.78, 5) is 16.0. The van der Waals surface area contributed by atoms with Crippen LogP contribution >= 0.6 is 0 Å². The Morgan fingerprint density at radius 3 is 2.74 bits per heavy atom. The Balaban J connectivity index is 1.52. The second-order valence-corrected chi connectivity index (χ2v) is 10.9. The van der Waals surface area contributed by atoms with Gasteiger partial charge in [-0.05, 0) is 63.6 Å². The second-order valence-electron chi connectivity index (χ2n) is 8.40. The first kappa shape index (κ1) is 20.2. The van der Waals surface area contributed by atoms with E-state index < -0.39 is 26.2 Å². The molecule has 1 aliphatic heterocycles. The molecule has 2 N–H and O–H groups in total. The van der Waals surface area contributed by atoms with Crippen molar-refractivity contribution in [2.45, 2.75) is 62.5 Å². The number of sulfone groups is 1. The molecule has 27 heavy (non-hydrogen) atoms. The lowest BCUT2D eigenvalue weighted by molar-refractivity contribution is -0.131. The zero-order valence-electron chi connectivity index (χ0n) is 15.9. The fourth-order valence-electron chi connectivity index (χ4n) is 4.15. The zero-order chi connectivity index (χ0) is 19.7. The quantitative estimate of drug-likeness (QED) is 0.764. The number of nitrogens with one attached hydrogen (secondary N) is 2. The fraction of sp³-hybridized carbons (Fsp3) is 0.684. The second kappa shape index (κ2) is 7.47. The molecular weight excluding hydrogens is 369 g/mol. The van der Waals surface area contributed by atoms with E-state index in [4.69, 9.17) is 0 Å². The van der Waals surface area contributed by atoms with Crippen molar-refractivity contribution in [3.05, 3.63) is 30.1 Å². The van der Waals surface area contributed by atoms with Gasteiger partial charge in [-0.25, -0.2) is 12.8 Å². The highest BCUT2D eigenvalue weighted by molar-refractivity contribution is 7.92. The molecule has 1 saturated carbocycles. The molecule has 6 nitrogen and oxygen atoms in total. The van der Waals surface area contributed by atoms with E-state index >= 15 is 0 Å². The van der Waals surface area contributed by atoms with Crippen LogP contribution in [0.2, 0.25) is 0 Å². The van der Waals surface area contributed by atoms with Gasteiger partial charge < -0.3 is 10.6 Å². The molecule has 8 heteroatoms. The fourth-order valence-corrected chi connectivity index (χ4v) is 6.62. The first-order valence-electron chi connectivity index (χ1n) is 9.43. The highest BCUT2D eigenvalue weighted by Crippen LogP contribution is 2.49. The van der Waals surface area contributed by atoms with Crippen LogP contribution in [-0.2, 0) is 21.2 Å². The van der Waals surface area contributed by atoms with Crippen molar-refractivity contribution in [1.82, 2.24) is 15.6 Å². The van der Waals surface area contributed by atoms with Crippen molar-refractivity contribution in [1.29, 1.82) is 0 Å². The van der Waals surface area contributed by atoms with Gasteiger partial charge in [-0.3, -0.25) is 9.78 Å². The summed E-state index contributed by atoms with van der Waals surface area (Å²) in [5, 5.41) is 6.06. The molecule has 1 aromatic heterocycles. The number of alkyl halides is 1. The number of halogens is 1. The number of hydrogen-bond donors (Lipinski definition) is 2. The molecule has 2 aliphatic rings. The lowest BCUT2D eigenvalue weighted by Gasteiger charge is -2.51. The van der Waals surface area contributed by atoms with Crippen molar-refractivity contribution in [3.63, 3.8) is 0 Å². The normalized spacial score (nSPS) is 29.9. The van der Waals surface area contributed by atoms with E-state index in [9.17, 15) is 17.6 Å². The maximum atomic E-state index is 13.8. The molecule has 150 valence electrons. The maximum absolute atomic E-state index is 13.8. The predicted molar refractivity (Wildman–Crippen MR) is 102 cm³/mol. The number of carbonyl (C=O) groups is 1. The molecule has 0 radical (unpaired) electrons. The van der Waals surface area contributed by atoms with Crippen LogP contribution in [0.3, 0.4) is 0 Å².